The number of piperidine rings is 1. The fraction of sp³-hybridized carbons (Fsp3) is 0.421. The molecular formula is C19H24N6O. The number of hydrogen-bond acceptors (Lipinski definition) is 5. The minimum absolute atomic E-state index is 0.350. The largest absolute Gasteiger partial charge is 0.381 e. The lowest BCUT2D eigenvalue weighted by atomic mass is 10.1. The molecule has 0 aromatic carbocycles. The molecule has 4 heterocycles. The van der Waals surface area contributed by atoms with E-state index in [2.05, 4.69) is 25.9 Å². The lowest BCUT2D eigenvalue weighted by Gasteiger charge is -2.31. The third kappa shape index (κ3) is 3.22. The van der Waals surface area contributed by atoms with Gasteiger partial charge in [0.15, 0.2) is 5.82 Å². The van der Waals surface area contributed by atoms with Gasteiger partial charge in [-0.3, -0.25) is 4.98 Å². The molecule has 0 saturated carbocycles. The number of aromatic amines is 1. The third-order valence-electron chi connectivity index (χ3n) is 4.90. The Balaban J connectivity index is 1.72. The van der Waals surface area contributed by atoms with Crippen molar-refractivity contribution in [2.45, 2.75) is 32.8 Å². The number of aromatic nitrogens is 5. The summed E-state index contributed by atoms with van der Waals surface area (Å²) in [6.07, 6.45) is 6.17. The molecule has 0 bridgehead atoms. The van der Waals surface area contributed by atoms with Crippen molar-refractivity contribution in [3.63, 3.8) is 0 Å². The maximum atomic E-state index is 5.48. The molecule has 0 amide bonds. The first-order chi connectivity index (χ1) is 12.6. The predicted octanol–water partition coefficient (Wildman–Crippen LogP) is 2.89. The number of nitrogens with zero attached hydrogens (tertiary/aromatic N) is 5. The van der Waals surface area contributed by atoms with Crippen LogP contribution in [0.5, 0.6) is 0 Å². The minimum atomic E-state index is 0.350. The number of aryl methyl sites for hydroxylation is 2. The Kier molecular flexibility index (Phi) is 4.46. The molecule has 1 saturated heterocycles. The smallest absolute Gasteiger partial charge is 0.151 e. The molecule has 0 radical (unpaired) electrons. The highest BCUT2D eigenvalue weighted by Crippen LogP contribution is 2.28. The van der Waals surface area contributed by atoms with Crippen LogP contribution in [0.3, 0.4) is 0 Å². The first-order valence-electron chi connectivity index (χ1n) is 8.97. The summed E-state index contributed by atoms with van der Waals surface area (Å²) in [5.41, 5.74) is 3.77. The fourth-order valence-corrected chi connectivity index (χ4v) is 3.36. The van der Waals surface area contributed by atoms with E-state index in [-0.39, 0.29) is 0 Å². The van der Waals surface area contributed by atoms with Gasteiger partial charge in [0.05, 0.1) is 23.7 Å². The normalized spacial score (nSPS) is 15.6. The van der Waals surface area contributed by atoms with Gasteiger partial charge in [-0.25, -0.2) is 9.67 Å². The van der Waals surface area contributed by atoms with Gasteiger partial charge < -0.3 is 14.6 Å². The van der Waals surface area contributed by atoms with Crippen molar-refractivity contribution < 1.29 is 4.74 Å². The summed E-state index contributed by atoms with van der Waals surface area (Å²) >= 11 is 0. The molecule has 0 atom stereocenters. The van der Waals surface area contributed by atoms with Crippen LogP contribution in [-0.2, 0) is 4.74 Å². The molecule has 7 heteroatoms. The molecule has 1 aliphatic rings. The molecule has 1 aliphatic heterocycles. The van der Waals surface area contributed by atoms with Crippen molar-refractivity contribution in [3.8, 4) is 17.1 Å². The summed E-state index contributed by atoms with van der Waals surface area (Å²) in [6.45, 7) is 5.83. The molecule has 26 heavy (non-hydrogen) atoms. The van der Waals surface area contributed by atoms with Gasteiger partial charge in [-0.05, 0) is 38.8 Å². The summed E-state index contributed by atoms with van der Waals surface area (Å²) in [5, 5.41) is 4.88. The zero-order valence-electron chi connectivity index (χ0n) is 15.4. The summed E-state index contributed by atoms with van der Waals surface area (Å²) in [5.74, 6) is 1.85. The molecule has 0 aliphatic carbocycles. The maximum Gasteiger partial charge on any atom is 0.151 e. The molecule has 3 aromatic rings. The number of hydrogen-bond donors (Lipinski definition) is 1. The van der Waals surface area contributed by atoms with Crippen LogP contribution >= 0.6 is 0 Å². The second-order valence-corrected chi connectivity index (χ2v) is 6.75. The quantitative estimate of drug-likeness (QED) is 0.782. The first kappa shape index (κ1) is 16.8. The molecule has 136 valence electrons. The second-order valence-electron chi connectivity index (χ2n) is 6.75. The monoisotopic (exact) mass is 352 g/mol. The average Bonchev–Trinajstić information content (AvgIpc) is 3.29. The predicted molar refractivity (Wildman–Crippen MR) is 101 cm³/mol. The number of H-pyrrole nitrogens is 1. The van der Waals surface area contributed by atoms with Crippen LogP contribution in [0.25, 0.3) is 17.1 Å². The van der Waals surface area contributed by atoms with Crippen LogP contribution in [0.4, 0.5) is 5.82 Å². The van der Waals surface area contributed by atoms with Crippen LogP contribution in [0.15, 0.2) is 30.6 Å². The number of nitrogens with one attached hydrogen (secondary N) is 1. The fourth-order valence-electron chi connectivity index (χ4n) is 3.36. The van der Waals surface area contributed by atoms with Crippen LogP contribution in [0.1, 0.15) is 24.4 Å². The summed E-state index contributed by atoms with van der Waals surface area (Å²) < 4.78 is 7.41. The van der Waals surface area contributed by atoms with E-state index in [1.165, 1.54) is 0 Å². The van der Waals surface area contributed by atoms with Gasteiger partial charge in [-0.1, -0.05) is 0 Å². The first-order valence-corrected chi connectivity index (χ1v) is 8.97. The van der Waals surface area contributed by atoms with E-state index in [9.17, 15) is 0 Å². The molecule has 3 aromatic heterocycles. The van der Waals surface area contributed by atoms with Crippen LogP contribution in [0.2, 0.25) is 0 Å². The number of imidazole rings is 1. The highest BCUT2D eigenvalue weighted by atomic mass is 16.5. The number of methoxy groups -OCH3 is 1. The van der Waals surface area contributed by atoms with Crippen molar-refractivity contribution in [1.29, 1.82) is 0 Å². The summed E-state index contributed by atoms with van der Waals surface area (Å²) in [7, 11) is 1.79. The molecule has 1 fully saturated rings. The highest BCUT2D eigenvalue weighted by Gasteiger charge is 2.23. The van der Waals surface area contributed by atoms with Crippen LogP contribution in [0, 0.1) is 13.8 Å². The van der Waals surface area contributed by atoms with Crippen molar-refractivity contribution in [3.05, 3.63) is 42.1 Å². The maximum absolute atomic E-state index is 5.48. The Morgan fingerprint density at radius 1 is 1.19 bits per heavy atom. The molecule has 0 spiro atoms. The van der Waals surface area contributed by atoms with E-state index in [0.29, 0.717) is 6.10 Å². The molecule has 7 nitrogen and oxygen atoms in total. The Morgan fingerprint density at radius 2 is 2.00 bits per heavy atom. The van der Waals surface area contributed by atoms with Gasteiger partial charge in [0, 0.05) is 38.2 Å². The number of ether oxygens (including phenoxy) is 1. The number of pyridine rings is 1. The third-order valence-corrected chi connectivity index (χ3v) is 4.90. The van der Waals surface area contributed by atoms with Gasteiger partial charge in [-0.15, -0.1) is 5.10 Å². The Labute approximate surface area is 153 Å². The Hall–Kier alpha value is -2.67. The number of rotatable bonds is 4. The van der Waals surface area contributed by atoms with Crippen LogP contribution < -0.4 is 4.90 Å². The van der Waals surface area contributed by atoms with Gasteiger partial charge in [0.25, 0.3) is 0 Å². The van der Waals surface area contributed by atoms with Crippen LogP contribution in [-0.4, -0.2) is 51.0 Å². The topological polar surface area (TPSA) is 71.9 Å². The van der Waals surface area contributed by atoms with Gasteiger partial charge in [-0.2, -0.15) is 0 Å². The van der Waals surface area contributed by atoms with Gasteiger partial charge in [0.2, 0.25) is 0 Å². The average molecular weight is 352 g/mol. The van der Waals surface area contributed by atoms with Crippen molar-refractivity contribution in [2.24, 2.45) is 0 Å². The van der Waals surface area contributed by atoms with E-state index >= 15 is 0 Å². The lowest BCUT2D eigenvalue weighted by molar-refractivity contribution is 0.0818. The SMILES string of the molecule is COC1CCN(c2cc(-c3c[nH]c(C)n3)n(-c3ccc(C)nc3)n2)CC1. The van der Waals surface area contributed by atoms with E-state index in [0.717, 1.165) is 60.3 Å². The standard InChI is InChI=1S/C19H24N6O/c1-13-4-5-15(11-20-13)25-18(17-12-21-14(2)22-17)10-19(23-25)24-8-6-16(26-3)7-9-24/h4-5,10-12,16H,6-9H2,1-3H3,(H,21,22). The molecule has 0 unspecified atom stereocenters. The van der Waals surface area contributed by atoms with Crippen molar-refractivity contribution in [2.75, 3.05) is 25.1 Å². The zero-order chi connectivity index (χ0) is 18.1. The minimum Gasteiger partial charge on any atom is -0.381 e. The highest BCUT2D eigenvalue weighted by molar-refractivity contribution is 5.63. The van der Waals surface area contributed by atoms with Crippen molar-refractivity contribution in [1.82, 2.24) is 24.7 Å². The Morgan fingerprint density at radius 3 is 2.62 bits per heavy atom. The van der Waals surface area contributed by atoms with Gasteiger partial charge >= 0.3 is 0 Å². The van der Waals surface area contributed by atoms with E-state index in [1.54, 1.807) is 7.11 Å². The zero-order valence-corrected chi connectivity index (χ0v) is 15.4. The van der Waals surface area contributed by atoms with Crippen molar-refractivity contribution >= 4 is 5.82 Å². The van der Waals surface area contributed by atoms with E-state index in [1.807, 2.05) is 43.1 Å². The second kappa shape index (κ2) is 6.92. The molecule has 4 rings (SSSR count). The van der Waals surface area contributed by atoms with Gasteiger partial charge in [0.1, 0.15) is 11.5 Å². The van der Waals surface area contributed by atoms with E-state index < -0.39 is 0 Å². The number of anilines is 1. The Bertz CT molecular complexity index is 874. The summed E-state index contributed by atoms with van der Waals surface area (Å²) in [6, 6.07) is 6.15. The molecule has 1 N–H and O–H groups in total. The summed E-state index contributed by atoms with van der Waals surface area (Å²) in [4.78, 5) is 14.5. The van der Waals surface area contributed by atoms with E-state index in [4.69, 9.17) is 9.84 Å². The molecular weight excluding hydrogens is 328 g/mol. The lowest BCUT2D eigenvalue weighted by Crippen LogP contribution is -2.36.